The van der Waals surface area contributed by atoms with Gasteiger partial charge in [0, 0.05) is 12.0 Å². The molecule has 1 aromatic heterocycles. The van der Waals surface area contributed by atoms with Gasteiger partial charge in [-0.05, 0) is 30.5 Å². The van der Waals surface area contributed by atoms with Crippen molar-refractivity contribution in [1.29, 1.82) is 0 Å². The maximum atomic E-state index is 4.41. The molecule has 0 aliphatic heterocycles. The Hall–Kier alpha value is -1.26. The van der Waals surface area contributed by atoms with Crippen molar-refractivity contribution in [3.63, 3.8) is 0 Å². The van der Waals surface area contributed by atoms with E-state index in [2.05, 4.69) is 67.5 Å². The first-order chi connectivity index (χ1) is 10.0. The van der Waals surface area contributed by atoms with Crippen LogP contribution in [-0.4, -0.2) is 23.3 Å². The molecule has 1 aromatic carbocycles. The van der Waals surface area contributed by atoms with Crippen LogP contribution >= 0.6 is 11.3 Å². The fourth-order valence-electron chi connectivity index (χ4n) is 2.33. The minimum Gasteiger partial charge on any atom is -0.317 e. The van der Waals surface area contributed by atoms with Crippen LogP contribution in [0.2, 0.25) is 0 Å². The highest BCUT2D eigenvalue weighted by atomic mass is 32.1. The van der Waals surface area contributed by atoms with Gasteiger partial charge in [-0.25, -0.2) is 0 Å². The first-order valence-electron chi connectivity index (χ1n) is 7.65. The maximum Gasteiger partial charge on any atom is 0.148 e. The van der Waals surface area contributed by atoms with Gasteiger partial charge in [0.2, 0.25) is 0 Å². The van der Waals surface area contributed by atoms with E-state index in [4.69, 9.17) is 0 Å². The molecular formula is C17H25N3S. The molecule has 0 amide bonds. The van der Waals surface area contributed by atoms with Gasteiger partial charge in [0.1, 0.15) is 10.0 Å². The number of aryl methyl sites for hydroxylation is 1. The lowest BCUT2D eigenvalue weighted by Crippen LogP contribution is -2.14. The van der Waals surface area contributed by atoms with Crippen molar-refractivity contribution in [3.8, 4) is 10.6 Å². The standard InChI is InChI=1S/C17H25N3S/c1-5-18-12-8-11-15-19-20-16(21-15)13-9-6-7-10-14(13)17(2,3)4/h6-7,9-10,18H,5,8,11-12H2,1-4H3. The summed E-state index contributed by atoms with van der Waals surface area (Å²) in [7, 11) is 0. The number of aromatic nitrogens is 2. The smallest absolute Gasteiger partial charge is 0.148 e. The molecular weight excluding hydrogens is 278 g/mol. The minimum absolute atomic E-state index is 0.119. The van der Waals surface area contributed by atoms with Crippen molar-refractivity contribution < 1.29 is 0 Å². The van der Waals surface area contributed by atoms with Crippen LogP contribution in [0.3, 0.4) is 0 Å². The van der Waals surface area contributed by atoms with Crippen LogP contribution in [0.1, 0.15) is 44.7 Å². The van der Waals surface area contributed by atoms with Crippen molar-refractivity contribution in [2.45, 2.75) is 46.0 Å². The summed E-state index contributed by atoms with van der Waals surface area (Å²) in [4.78, 5) is 0. The molecule has 0 radical (unpaired) electrons. The Bertz CT molecular complexity index is 569. The highest BCUT2D eigenvalue weighted by Gasteiger charge is 2.20. The van der Waals surface area contributed by atoms with E-state index in [0.717, 1.165) is 35.9 Å². The molecule has 2 rings (SSSR count). The van der Waals surface area contributed by atoms with Crippen LogP contribution in [-0.2, 0) is 11.8 Å². The first-order valence-corrected chi connectivity index (χ1v) is 8.47. The normalized spacial score (nSPS) is 11.8. The van der Waals surface area contributed by atoms with E-state index in [9.17, 15) is 0 Å². The molecule has 0 unspecified atom stereocenters. The second kappa shape index (κ2) is 7.14. The second-order valence-electron chi connectivity index (χ2n) is 6.25. The van der Waals surface area contributed by atoms with Gasteiger partial charge < -0.3 is 5.32 Å². The van der Waals surface area contributed by atoms with Crippen molar-refractivity contribution >= 4 is 11.3 Å². The second-order valence-corrected chi connectivity index (χ2v) is 7.32. The van der Waals surface area contributed by atoms with Crippen LogP contribution in [0, 0.1) is 0 Å². The Labute approximate surface area is 131 Å². The monoisotopic (exact) mass is 303 g/mol. The highest BCUT2D eigenvalue weighted by Crippen LogP contribution is 2.34. The fraction of sp³-hybridized carbons (Fsp3) is 0.529. The highest BCUT2D eigenvalue weighted by molar-refractivity contribution is 7.14. The van der Waals surface area contributed by atoms with Gasteiger partial charge in [-0.15, -0.1) is 10.2 Å². The van der Waals surface area contributed by atoms with E-state index >= 15 is 0 Å². The summed E-state index contributed by atoms with van der Waals surface area (Å²) in [6.07, 6.45) is 2.12. The molecule has 2 aromatic rings. The molecule has 3 nitrogen and oxygen atoms in total. The van der Waals surface area contributed by atoms with Gasteiger partial charge in [0.05, 0.1) is 0 Å². The van der Waals surface area contributed by atoms with E-state index < -0.39 is 0 Å². The molecule has 4 heteroatoms. The van der Waals surface area contributed by atoms with Crippen molar-refractivity contribution in [3.05, 3.63) is 34.8 Å². The lowest BCUT2D eigenvalue weighted by atomic mass is 9.84. The number of benzene rings is 1. The van der Waals surface area contributed by atoms with Gasteiger partial charge in [0.15, 0.2) is 0 Å². The summed E-state index contributed by atoms with van der Waals surface area (Å²) >= 11 is 1.72. The predicted octanol–water partition coefficient (Wildman–Crippen LogP) is 4.04. The number of rotatable bonds is 6. The molecule has 0 fully saturated rings. The number of hydrogen-bond donors (Lipinski definition) is 1. The van der Waals surface area contributed by atoms with E-state index in [1.807, 2.05) is 0 Å². The van der Waals surface area contributed by atoms with Crippen molar-refractivity contribution in [2.75, 3.05) is 13.1 Å². The van der Waals surface area contributed by atoms with Gasteiger partial charge in [0.25, 0.3) is 0 Å². The first kappa shape index (κ1) is 16.1. The van der Waals surface area contributed by atoms with E-state index in [1.165, 1.54) is 11.1 Å². The minimum atomic E-state index is 0.119. The summed E-state index contributed by atoms with van der Waals surface area (Å²) in [5.41, 5.74) is 2.67. The van der Waals surface area contributed by atoms with Crippen LogP contribution in [0.4, 0.5) is 0 Å². The van der Waals surface area contributed by atoms with Gasteiger partial charge in [-0.3, -0.25) is 0 Å². The Morgan fingerprint density at radius 3 is 2.62 bits per heavy atom. The average molecular weight is 303 g/mol. The molecule has 1 N–H and O–H groups in total. The molecule has 114 valence electrons. The van der Waals surface area contributed by atoms with Gasteiger partial charge >= 0.3 is 0 Å². The van der Waals surface area contributed by atoms with Gasteiger partial charge in [-0.2, -0.15) is 0 Å². The third kappa shape index (κ3) is 4.35. The SMILES string of the molecule is CCNCCCc1nnc(-c2ccccc2C(C)(C)C)s1. The lowest BCUT2D eigenvalue weighted by Gasteiger charge is -2.21. The van der Waals surface area contributed by atoms with E-state index in [-0.39, 0.29) is 5.41 Å². The van der Waals surface area contributed by atoms with Crippen molar-refractivity contribution in [1.82, 2.24) is 15.5 Å². The Kier molecular flexibility index (Phi) is 5.48. The third-order valence-corrected chi connectivity index (χ3v) is 4.44. The van der Waals surface area contributed by atoms with Crippen LogP contribution in [0.5, 0.6) is 0 Å². The molecule has 0 aliphatic rings. The number of nitrogens with one attached hydrogen (secondary N) is 1. The molecule has 0 saturated carbocycles. The summed E-state index contributed by atoms with van der Waals surface area (Å²) in [6, 6.07) is 8.53. The maximum absolute atomic E-state index is 4.41. The van der Waals surface area contributed by atoms with E-state index in [1.54, 1.807) is 11.3 Å². The molecule has 1 heterocycles. The third-order valence-electron chi connectivity index (χ3n) is 3.43. The molecule has 21 heavy (non-hydrogen) atoms. The molecule has 0 spiro atoms. The largest absolute Gasteiger partial charge is 0.317 e. The van der Waals surface area contributed by atoms with E-state index in [0.29, 0.717) is 0 Å². The fourth-order valence-corrected chi connectivity index (χ4v) is 3.25. The van der Waals surface area contributed by atoms with Crippen LogP contribution < -0.4 is 5.32 Å². The number of nitrogens with zero attached hydrogens (tertiary/aromatic N) is 2. The number of hydrogen-bond acceptors (Lipinski definition) is 4. The van der Waals surface area contributed by atoms with Crippen molar-refractivity contribution in [2.24, 2.45) is 0 Å². The van der Waals surface area contributed by atoms with Crippen LogP contribution in [0.25, 0.3) is 10.6 Å². The molecule has 0 saturated heterocycles. The topological polar surface area (TPSA) is 37.8 Å². The van der Waals surface area contributed by atoms with Crippen LogP contribution in [0.15, 0.2) is 24.3 Å². The lowest BCUT2D eigenvalue weighted by molar-refractivity contribution is 0.592. The Morgan fingerprint density at radius 1 is 1.14 bits per heavy atom. The van der Waals surface area contributed by atoms with Gasteiger partial charge in [-0.1, -0.05) is 63.3 Å². The zero-order valence-electron chi connectivity index (χ0n) is 13.4. The summed E-state index contributed by atoms with van der Waals surface area (Å²) in [5, 5.41) is 14.3. The molecule has 0 atom stereocenters. The summed E-state index contributed by atoms with van der Waals surface area (Å²) in [5.74, 6) is 0. The molecule has 0 aliphatic carbocycles. The zero-order valence-corrected chi connectivity index (χ0v) is 14.3. The summed E-state index contributed by atoms with van der Waals surface area (Å²) in [6.45, 7) is 10.9. The average Bonchev–Trinajstić information content (AvgIpc) is 2.91. The Morgan fingerprint density at radius 2 is 1.90 bits per heavy atom. The Balaban J connectivity index is 2.15. The predicted molar refractivity (Wildman–Crippen MR) is 90.9 cm³/mol. The molecule has 0 bridgehead atoms. The zero-order chi connectivity index (χ0) is 15.3. The quantitative estimate of drug-likeness (QED) is 0.818. The summed E-state index contributed by atoms with van der Waals surface area (Å²) < 4.78 is 0.